The highest BCUT2D eigenvalue weighted by Crippen LogP contribution is 2.26. The van der Waals surface area contributed by atoms with Crippen LogP contribution in [0.15, 0.2) is 23.8 Å². The molecule has 0 saturated heterocycles. The van der Waals surface area contributed by atoms with Crippen LogP contribution in [0.5, 0.6) is 0 Å². The highest BCUT2D eigenvalue weighted by Gasteiger charge is 2.11. The molecule has 0 fully saturated rings. The Kier molecular flexibility index (Phi) is 3.13. The fourth-order valence-electron chi connectivity index (χ4n) is 1.57. The first-order valence-corrected chi connectivity index (χ1v) is 4.93. The summed E-state index contributed by atoms with van der Waals surface area (Å²) in [6, 6.07) is 0. The maximum absolute atomic E-state index is 2.40. The second kappa shape index (κ2) is 3.93. The molecule has 0 atom stereocenters. The SMILES string of the molecule is CC(C)(C)CC1=CCCCC=C1. The van der Waals surface area contributed by atoms with Crippen molar-refractivity contribution in [3.05, 3.63) is 23.8 Å². The Morgan fingerprint density at radius 1 is 1.25 bits per heavy atom. The number of hydrogen-bond donors (Lipinski definition) is 0. The van der Waals surface area contributed by atoms with Crippen molar-refractivity contribution in [3.8, 4) is 0 Å². The molecule has 0 spiro atoms. The molecule has 0 aromatic carbocycles. The van der Waals surface area contributed by atoms with Gasteiger partial charge in [0.05, 0.1) is 0 Å². The van der Waals surface area contributed by atoms with Crippen molar-refractivity contribution in [3.63, 3.8) is 0 Å². The van der Waals surface area contributed by atoms with Crippen LogP contribution in [0, 0.1) is 5.41 Å². The zero-order valence-corrected chi connectivity index (χ0v) is 8.56. The van der Waals surface area contributed by atoms with Gasteiger partial charge in [-0.2, -0.15) is 0 Å². The highest BCUT2D eigenvalue weighted by molar-refractivity contribution is 5.21. The minimum absolute atomic E-state index is 0.431. The molecule has 12 heavy (non-hydrogen) atoms. The van der Waals surface area contributed by atoms with Gasteiger partial charge in [-0.15, -0.1) is 0 Å². The molecule has 0 N–H and O–H groups in total. The van der Waals surface area contributed by atoms with Gasteiger partial charge in [-0.1, -0.05) is 44.6 Å². The van der Waals surface area contributed by atoms with Gasteiger partial charge in [-0.05, 0) is 31.1 Å². The Labute approximate surface area is 76.4 Å². The third kappa shape index (κ3) is 3.75. The van der Waals surface area contributed by atoms with E-state index in [1.165, 1.54) is 31.3 Å². The molecule has 0 aromatic rings. The molecule has 0 radical (unpaired) electrons. The normalized spacial score (nSPS) is 18.8. The summed E-state index contributed by atoms with van der Waals surface area (Å²) in [5.74, 6) is 0. The van der Waals surface area contributed by atoms with Gasteiger partial charge in [0.25, 0.3) is 0 Å². The molecule has 1 rings (SSSR count). The molecule has 0 aromatic heterocycles. The van der Waals surface area contributed by atoms with E-state index in [1.54, 1.807) is 0 Å². The van der Waals surface area contributed by atoms with Gasteiger partial charge in [0.15, 0.2) is 0 Å². The van der Waals surface area contributed by atoms with Crippen molar-refractivity contribution >= 4 is 0 Å². The summed E-state index contributed by atoms with van der Waals surface area (Å²) in [7, 11) is 0. The minimum Gasteiger partial charge on any atom is -0.0843 e. The van der Waals surface area contributed by atoms with Crippen LogP contribution in [-0.2, 0) is 0 Å². The number of rotatable bonds is 1. The Bertz CT molecular complexity index is 189. The molecule has 68 valence electrons. The van der Waals surface area contributed by atoms with E-state index in [2.05, 4.69) is 39.0 Å². The summed E-state index contributed by atoms with van der Waals surface area (Å²) < 4.78 is 0. The molecule has 0 saturated carbocycles. The Morgan fingerprint density at radius 3 is 2.67 bits per heavy atom. The second-order valence-corrected chi connectivity index (χ2v) is 4.85. The van der Waals surface area contributed by atoms with Crippen molar-refractivity contribution < 1.29 is 0 Å². The first kappa shape index (κ1) is 9.57. The van der Waals surface area contributed by atoms with Crippen molar-refractivity contribution in [2.75, 3.05) is 0 Å². The average molecular weight is 164 g/mol. The molecule has 0 bridgehead atoms. The van der Waals surface area contributed by atoms with Crippen LogP contribution in [-0.4, -0.2) is 0 Å². The first-order chi connectivity index (χ1) is 5.58. The maximum atomic E-state index is 2.40. The van der Waals surface area contributed by atoms with Gasteiger partial charge in [0, 0.05) is 0 Å². The van der Waals surface area contributed by atoms with Gasteiger partial charge in [0.2, 0.25) is 0 Å². The van der Waals surface area contributed by atoms with E-state index in [4.69, 9.17) is 0 Å². The standard InChI is InChI=1S/C12H20/c1-12(2,3)10-11-8-6-4-5-7-9-11/h6,8-9H,4-5,7,10H2,1-3H3. The topological polar surface area (TPSA) is 0 Å². The molecule has 0 heteroatoms. The van der Waals surface area contributed by atoms with Crippen LogP contribution in [0.1, 0.15) is 46.5 Å². The second-order valence-electron chi connectivity index (χ2n) is 4.85. The van der Waals surface area contributed by atoms with Crippen molar-refractivity contribution in [2.45, 2.75) is 46.5 Å². The molecular formula is C12H20. The summed E-state index contributed by atoms with van der Waals surface area (Å²) in [5.41, 5.74) is 1.96. The zero-order valence-electron chi connectivity index (χ0n) is 8.56. The zero-order chi connectivity index (χ0) is 9.03. The van der Waals surface area contributed by atoms with E-state index >= 15 is 0 Å². The lowest BCUT2D eigenvalue weighted by molar-refractivity contribution is 0.413. The van der Waals surface area contributed by atoms with E-state index in [1.807, 2.05) is 0 Å². The molecule has 0 heterocycles. The summed E-state index contributed by atoms with van der Waals surface area (Å²) in [6.45, 7) is 6.89. The van der Waals surface area contributed by atoms with Crippen LogP contribution < -0.4 is 0 Å². The number of allylic oxidation sites excluding steroid dienone is 4. The molecule has 0 nitrogen and oxygen atoms in total. The molecule has 0 aliphatic heterocycles. The predicted molar refractivity (Wildman–Crippen MR) is 55.1 cm³/mol. The van der Waals surface area contributed by atoms with Crippen LogP contribution in [0.2, 0.25) is 0 Å². The van der Waals surface area contributed by atoms with E-state index in [-0.39, 0.29) is 0 Å². The minimum atomic E-state index is 0.431. The van der Waals surface area contributed by atoms with E-state index in [0.29, 0.717) is 5.41 Å². The summed E-state index contributed by atoms with van der Waals surface area (Å²) in [4.78, 5) is 0. The van der Waals surface area contributed by atoms with Gasteiger partial charge < -0.3 is 0 Å². The monoisotopic (exact) mass is 164 g/mol. The van der Waals surface area contributed by atoms with Gasteiger partial charge >= 0.3 is 0 Å². The van der Waals surface area contributed by atoms with Crippen molar-refractivity contribution in [1.82, 2.24) is 0 Å². The fraction of sp³-hybridized carbons (Fsp3) is 0.667. The lowest BCUT2D eigenvalue weighted by atomic mass is 9.87. The first-order valence-electron chi connectivity index (χ1n) is 4.93. The van der Waals surface area contributed by atoms with Gasteiger partial charge in [-0.3, -0.25) is 0 Å². The van der Waals surface area contributed by atoms with Gasteiger partial charge in [-0.25, -0.2) is 0 Å². The highest BCUT2D eigenvalue weighted by atomic mass is 14.2. The fourth-order valence-corrected chi connectivity index (χ4v) is 1.57. The van der Waals surface area contributed by atoms with Crippen LogP contribution in [0.25, 0.3) is 0 Å². The van der Waals surface area contributed by atoms with E-state index in [9.17, 15) is 0 Å². The third-order valence-electron chi connectivity index (χ3n) is 2.05. The summed E-state index contributed by atoms with van der Waals surface area (Å²) >= 11 is 0. The molecular weight excluding hydrogens is 144 g/mol. The predicted octanol–water partition coefficient (Wildman–Crippen LogP) is 4.09. The van der Waals surface area contributed by atoms with Crippen molar-refractivity contribution in [1.29, 1.82) is 0 Å². The molecule has 0 unspecified atom stereocenters. The van der Waals surface area contributed by atoms with Crippen LogP contribution in [0.4, 0.5) is 0 Å². The maximum Gasteiger partial charge on any atom is -0.0233 e. The molecule has 1 aliphatic rings. The van der Waals surface area contributed by atoms with E-state index in [0.717, 1.165) is 0 Å². The van der Waals surface area contributed by atoms with E-state index < -0.39 is 0 Å². The Balaban J connectivity index is 2.55. The summed E-state index contributed by atoms with van der Waals surface area (Å²) in [6.07, 6.45) is 12.1. The van der Waals surface area contributed by atoms with Crippen molar-refractivity contribution in [2.24, 2.45) is 5.41 Å². The Morgan fingerprint density at radius 2 is 2.00 bits per heavy atom. The molecule has 0 amide bonds. The summed E-state index contributed by atoms with van der Waals surface area (Å²) in [5, 5.41) is 0. The largest absolute Gasteiger partial charge is 0.0843 e. The molecule has 1 aliphatic carbocycles. The Hall–Kier alpha value is -0.520. The third-order valence-corrected chi connectivity index (χ3v) is 2.05. The smallest absolute Gasteiger partial charge is 0.0233 e. The van der Waals surface area contributed by atoms with Gasteiger partial charge in [0.1, 0.15) is 0 Å². The lowest BCUT2D eigenvalue weighted by Crippen LogP contribution is -2.05. The lowest BCUT2D eigenvalue weighted by Gasteiger charge is -2.18. The average Bonchev–Trinajstić information content (AvgIpc) is 2.12. The van der Waals surface area contributed by atoms with Crippen LogP contribution in [0.3, 0.4) is 0 Å². The van der Waals surface area contributed by atoms with Crippen LogP contribution >= 0.6 is 0 Å². The quantitative estimate of drug-likeness (QED) is 0.547. The number of hydrogen-bond acceptors (Lipinski definition) is 0.